The monoisotopic (exact) mass is 330 g/mol. The van der Waals surface area contributed by atoms with Gasteiger partial charge in [0, 0.05) is 24.2 Å². The molecule has 5 heteroatoms. The van der Waals surface area contributed by atoms with Gasteiger partial charge in [0.2, 0.25) is 5.91 Å². The van der Waals surface area contributed by atoms with Crippen molar-refractivity contribution < 1.29 is 4.79 Å². The molecule has 0 saturated carbocycles. The summed E-state index contributed by atoms with van der Waals surface area (Å²) in [7, 11) is 1.96. The van der Waals surface area contributed by atoms with Crippen molar-refractivity contribution in [3.63, 3.8) is 0 Å². The molecular weight excluding hydrogens is 307 g/mol. The number of carbonyl (C=O) groups is 1. The Morgan fingerprint density at radius 3 is 2.76 bits per heavy atom. The fourth-order valence-corrected chi connectivity index (χ4v) is 2.98. The van der Waals surface area contributed by atoms with Gasteiger partial charge in [-0.2, -0.15) is 0 Å². The molecule has 118 valence electrons. The van der Waals surface area contributed by atoms with Crippen LogP contribution in [0, 0.1) is 0 Å². The van der Waals surface area contributed by atoms with E-state index in [2.05, 4.69) is 5.32 Å². The number of likely N-dealkylation sites (tertiary alicyclic amines) is 1. The van der Waals surface area contributed by atoms with Gasteiger partial charge in [0.15, 0.2) is 0 Å². The molecule has 3 nitrogen and oxygen atoms in total. The molecule has 1 amide bonds. The minimum absolute atomic E-state index is 0. The molecule has 0 aromatic heterocycles. The van der Waals surface area contributed by atoms with Gasteiger partial charge < -0.3 is 10.2 Å². The Labute approximate surface area is 138 Å². The molecule has 1 atom stereocenters. The summed E-state index contributed by atoms with van der Waals surface area (Å²) < 4.78 is 0. The number of nitrogens with one attached hydrogen (secondary N) is 1. The van der Waals surface area contributed by atoms with Crippen LogP contribution >= 0.6 is 24.0 Å². The van der Waals surface area contributed by atoms with Crippen LogP contribution in [-0.4, -0.2) is 37.0 Å². The highest BCUT2D eigenvalue weighted by molar-refractivity contribution is 6.30. The molecule has 1 N–H and O–H groups in total. The van der Waals surface area contributed by atoms with Crippen LogP contribution in [0.25, 0.3) is 0 Å². The maximum atomic E-state index is 12.8. The maximum Gasteiger partial charge on any atom is 0.232 e. The van der Waals surface area contributed by atoms with Crippen LogP contribution < -0.4 is 5.32 Å². The molecule has 1 saturated heterocycles. The zero-order chi connectivity index (χ0) is 14.8. The van der Waals surface area contributed by atoms with Crippen molar-refractivity contribution in [2.24, 2.45) is 0 Å². The lowest BCUT2D eigenvalue weighted by Gasteiger charge is -2.37. The smallest absolute Gasteiger partial charge is 0.232 e. The van der Waals surface area contributed by atoms with Crippen LogP contribution in [0.4, 0.5) is 0 Å². The number of carbonyl (C=O) groups excluding carboxylic acids is 1. The highest BCUT2D eigenvalue weighted by Crippen LogP contribution is 2.29. The number of halogens is 2. The van der Waals surface area contributed by atoms with E-state index in [1.165, 1.54) is 0 Å². The van der Waals surface area contributed by atoms with Gasteiger partial charge in [0.1, 0.15) is 0 Å². The summed E-state index contributed by atoms with van der Waals surface area (Å²) in [6.07, 6.45) is 2.20. The number of hydrogen-bond donors (Lipinski definition) is 1. The Bertz CT molecular complexity index is 491. The predicted molar refractivity (Wildman–Crippen MR) is 90.4 cm³/mol. The summed E-state index contributed by atoms with van der Waals surface area (Å²) in [5.41, 5.74) is 0.433. The molecule has 1 fully saturated rings. The van der Waals surface area contributed by atoms with E-state index in [9.17, 15) is 4.79 Å². The van der Waals surface area contributed by atoms with E-state index in [0.717, 1.165) is 31.5 Å². The van der Waals surface area contributed by atoms with Gasteiger partial charge in [-0.1, -0.05) is 23.7 Å². The fraction of sp³-hybridized carbons (Fsp3) is 0.562. The van der Waals surface area contributed by atoms with Gasteiger partial charge in [-0.15, -0.1) is 12.4 Å². The minimum Gasteiger partial charge on any atom is -0.340 e. The first-order valence-electron chi connectivity index (χ1n) is 7.18. The van der Waals surface area contributed by atoms with E-state index >= 15 is 0 Å². The first-order chi connectivity index (χ1) is 9.45. The van der Waals surface area contributed by atoms with E-state index in [1.807, 2.05) is 50.1 Å². The zero-order valence-electron chi connectivity index (χ0n) is 12.9. The first-order valence-corrected chi connectivity index (χ1v) is 7.55. The highest BCUT2D eigenvalue weighted by Gasteiger charge is 2.35. The van der Waals surface area contributed by atoms with Crippen molar-refractivity contribution in [2.75, 3.05) is 20.1 Å². The normalized spacial score (nSPS) is 19.0. The van der Waals surface area contributed by atoms with Crippen molar-refractivity contribution in [2.45, 2.75) is 38.1 Å². The Balaban J connectivity index is 0.00000220. The van der Waals surface area contributed by atoms with Crippen molar-refractivity contribution in [1.29, 1.82) is 0 Å². The van der Waals surface area contributed by atoms with Crippen molar-refractivity contribution in [3.8, 4) is 0 Å². The number of amides is 1. The third-order valence-electron chi connectivity index (χ3n) is 4.20. The summed E-state index contributed by atoms with van der Waals surface area (Å²) in [5, 5.41) is 3.95. The molecule has 1 aromatic carbocycles. The lowest BCUT2D eigenvalue weighted by molar-refractivity contribution is -0.137. The number of benzene rings is 1. The fourth-order valence-electron chi connectivity index (χ4n) is 2.79. The molecule has 0 radical (unpaired) electrons. The molecule has 0 bridgehead atoms. The summed E-state index contributed by atoms with van der Waals surface area (Å²) in [6, 6.07) is 8.01. The van der Waals surface area contributed by atoms with Crippen LogP contribution in [-0.2, 0) is 10.2 Å². The largest absolute Gasteiger partial charge is 0.340 e. The van der Waals surface area contributed by atoms with E-state index in [0.29, 0.717) is 11.1 Å². The standard InChI is InChI=1S/C16H23ClN2O.ClH/c1-16(2,12-6-4-7-13(17)10-12)15(20)19-9-5-8-14(11-19)18-3;/h4,6-7,10,14,18H,5,8-9,11H2,1-3H3;1H. The van der Waals surface area contributed by atoms with Gasteiger partial charge in [0.25, 0.3) is 0 Å². The van der Waals surface area contributed by atoms with Gasteiger partial charge >= 0.3 is 0 Å². The van der Waals surface area contributed by atoms with E-state index in [-0.39, 0.29) is 18.3 Å². The van der Waals surface area contributed by atoms with Crippen molar-refractivity contribution >= 4 is 29.9 Å². The molecule has 2 rings (SSSR count). The molecule has 0 spiro atoms. The molecule has 1 aliphatic rings. The van der Waals surface area contributed by atoms with Gasteiger partial charge in [-0.25, -0.2) is 0 Å². The van der Waals surface area contributed by atoms with Crippen molar-refractivity contribution in [3.05, 3.63) is 34.9 Å². The second-order valence-corrected chi connectivity index (χ2v) is 6.45. The Hall–Kier alpha value is -0.770. The van der Waals surface area contributed by atoms with Crippen LogP contribution in [0.5, 0.6) is 0 Å². The summed E-state index contributed by atoms with van der Waals surface area (Å²) >= 11 is 6.05. The van der Waals surface area contributed by atoms with Crippen LogP contribution in [0.2, 0.25) is 5.02 Å². The van der Waals surface area contributed by atoms with Crippen LogP contribution in [0.1, 0.15) is 32.3 Å². The molecule has 0 aliphatic carbocycles. The van der Waals surface area contributed by atoms with E-state index in [1.54, 1.807) is 0 Å². The molecule has 1 heterocycles. The Morgan fingerprint density at radius 1 is 1.43 bits per heavy atom. The Morgan fingerprint density at radius 2 is 2.14 bits per heavy atom. The quantitative estimate of drug-likeness (QED) is 0.922. The zero-order valence-corrected chi connectivity index (χ0v) is 14.4. The van der Waals surface area contributed by atoms with Crippen molar-refractivity contribution in [1.82, 2.24) is 10.2 Å². The number of likely N-dealkylation sites (N-methyl/N-ethyl adjacent to an activating group) is 1. The summed E-state index contributed by atoms with van der Waals surface area (Å²) in [5.74, 6) is 0.180. The molecule has 1 aliphatic heterocycles. The van der Waals surface area contributed by atoms with Gasteiger partial charge in [-0.3, -0.25) is 4.79 Å². The number of nitrogens with zero attached hydrogens (tertiary/aromatic N) is 1. The lowest BCUT2D eigenvalue weighted by Crippen LogP contribution is -2.51. The van der Waals surface area contributed by atoms with Crippen LogP contribution in [0.15, 0.2) is 24.3 Å². The predicted octanol–water partition coefficient (Wildman–Crippen LogP) is 3.25. The number of rotatable bonds is 3. The van der Waals surface area contributed by atoms with Gasteiger partial charge in [-0.05, 0) is 51.4 Å². The lowest BCUT2D eigenvalue weighted by atomic mass is 9.82. The summed E-state index contributed by atoms with van der Waals surface area (Å²) in [6.45, 7) is 5.59. The SMILES string of the molecule is CNC1CCCN(C(=O)C(C)(C)c2cccc(Cl)c2)C1.Cl. The minimum atomic E-state index is -0.541. The average molecular weight is 331 g/mol. The van der Waals surface area contributed by atoms with E-state index < -0.39 is 5.41 Å². The third-order valence-corrected chi connectivity index (χ3v) is 4.43. The Kier molecular flexibility index (Phi) is 6.51. The molecule has 1 unspecified atom stereocenters. The highest BCUT2D eigenvalue weighted by atomic mass is 35.5. The van der Waals surface area contributed by atoms with E-state index in [4.69, 9.17) is 11.6 Å². The number of piperidine rings is 1. The summed E-state index contributed by atoms with van der Waals surface area (Å²) in [4.78, 5) is 14.8. The average Bonchev–Trinajstić information content (AvgIpc) is 2.46. The second kappa shape index (κ2) is 7.48. The maximum absolute atomic E-state index is 12.8. The molecular formula is C16H24Cl2N2O. The molecule has 1 aromatic rings. The van der Waals surface area contributed by atoms with Gasteiger partial charge in [0.05, 0.1) is 5.41 Å². The third kappa shape index (κ3) is 4.12. The molecule has 21 heavy (non-hydrogen) atoms. The first kappa shape index (κ1) is 18.3. The second-order valence-electron chi connectivity index (χ2n) is 6.01. The topological polar surface area (TPSA) is 32.3 Å². The number of hydrogen-bond acceptors (Lipinski definition) is 2. The van der Waals surface area contributed by atoms with Crippen LogP contribution in [0.3, 0.4) is 0 Å².